The zero-order chi connectivity index (χ0) is 26.8. The molecular weight excluding hydrogens is 531 g/mol. The number of rotatable bonds is 8. The molecule has 0 radical (unpaired) electrons. The van der Waals surface area contributed by atoms with Crippen LogP contribution in [0.15, 0.2) is 42.5 Å². The highest BCUT2D eigenvalue weighted by Gasteiger charge is 2.39. The van der Waals surface area contributed by atoms with Crippen molar-refractivity contribution in [1.29, 1.82) is 0 Å². The van der Waals surface area contributed by atoms with Crippen LogP contribution in [0, 0.1) is 0 Å². The van der Waals surface area contributed by atoms with Gasteiger partial charge in [-0.1, -0.05) is 23.2 Å². The molecule has 11 nitrogen and oxygen atoms in total. The first kappa shape index (κ1) is 26.3. The summed E-state index contributed by atoms with van der Waals surface area (Å²) in [6.45, 7) is 3.35. The zero-order valence-electron chi connectivity index (χ0n) is 20.4. The largest absolute Gasteiger partial charge is 0.382 e. The van der Waals surface area contributed by atoms with Crippen molar-refractivity contribution in [1.82, 2.24) is 14.9 Å². The van der Waals surface area contributed by atoms with Crippen LogP contribution in [0.2, 0.25) is 10.0 Å². The molecule has 3 aromatic rings. The van der Waals surface area contributed by atoms with Gasteiger partial charge in [0.25, 0.3) is 0 Å². The van der Waals surface area contributed by atoms with Crippen molar-refractivity contribution in [3.63, 3.8) is 0 Å². The first-order valence-electron chi connectivity index (χ1n) is 12.3. The Bertz CT molecular complexity index is 1340. The van der Waals surface area contributed by atoms with Crippen molar-refractivity contribution in [3.05, 3.63) is 52.5 Å². The number of hydrogen-bond donors (Lipinski definition) is 5. The fourth-order valence-electron chi connectivity index (χ4n) is 4.90. The number of pyridine rings is 2. The van der Waals surface area contributed by atoms with Crippen LogP contribution in [0.4, 0.5) is 28.8 Å². The number of nitrogens with one attached hydrogen (secondary N) is 2. The summed E-state index contributed by atoms with van der Waals surface area (Å²) in [5.41, 5.74) is 7.74. The van der Waals surface area contributed by atoms with Gasteiger partial charge in [0.1, 0.15) is 17.3 Å². The maximum absolute atomic E-state index is 13.4. The van der Waals surface area contributed by atoms with E-state index in [1.54, 1.807) is 18.2 Å². The molecule has 1 atom stereocenters. The van der Waals surface area contributed by atoms with Crippen LogP contribution in [0.1, 0.15) is 12.8 Å². The first-order valence-corrected chi connectivity index (χ1v) is 13.0. The standard InChI is InChI=1S/C25H28Cl2N8O3/c26-15-3-4-16(17(27)14-15)23-18(34-13-12-33-11-1-2-20(33)25(34)36)5-7-21(31-23)29-9-10-30-22-8-6-19(35(37)38)24(28)32-22/h3-8,14,20,37-38H,1-2,9-13H2,(H,29,31)(H3,28,30,32). The number of carbonyl (C=O) groups is 1. The Labute approximate surface area is 229 Å². The van der Waals surface area contributed by atoms with Crippen molar-refractivity contribution in [3.8, 4) is 11.3 Å². The van der Waals surface area contributed by atoms with Gasteiger partial charge in [-0.25, -0.2) is 9.97 Å². The lowest BCUT2D eigenvalue weighted by atomic mass is 10.1. The molecule has 1 unspecified atom stereocenters. The number of nitrogens with zero attached hydrogens (tertiary/aromatic N) is 5. The topological polar surface area (TPSA) is 143 Å². The highest BCUT2D eigenvalue weighted by atomic mass is 35.5. The third-order valence-electron chi connectivity index (χ3n) is 6.73. The van der Waals surface area contributed by atoms with Crippen molar-refractivity contribution >= 4 is 57.9 Å². The minimum absolute atomic E-state index is 0.0146. The van der Waals surface area contributed by atoms with Gasteiger partial charge in [0.15, 0.2) is 5.82 Å². The second-order valence-electron chi connectivity index (χ2n) is 9.12. The number of nitrogen functional groups attached to an aromatic ring is 1. The molecular formula is C25H28Cl2N8O3. The molecule has 0 aliphatic carbocycles. The number of aromatic nitrogens is 2. The predicted molar refractivity (Wildman–Crippen MR) is 148 cm³/mol. The Morgan fingerprint density at radius 3 is 2.45 bits per heavy atom. The minimum atomic E-state index is -0.0873. The summed E-state index contributed by atoms with van der Waals surface area (Å²) in [7, 11) is 0. The number of carbonyl (C=O) groups excluding carboxylic acids is 1. The number of benzene rings is 1. The SMILES string of the molecule is Nc1nc(NCCNc2ccc(N3CCN4CCCC4C3=O)c(-c3ccc(Cl)cc3Cl)n2)ccc1N(O)O. The first-order chi connectivity index (χ1) is 18.3. The normalized spacial score (nSPS) is 17.4. The Morgan fingerprint density at radius 1 is 1.00 bits per heavy atom. The van der Waals surface area contributed by atoms with Gasteiger partial charge in [-0.15, -0.1) is 5.23 Å². The molecule has 1 amide bonds. The number of fused-ring (bicyclic) bond motifs is 1. The lowest BCUT2D eigenvalue weighted by Crippen LogP contribution is -2.54. The summed E-state index contributed by atoms with van der Waals surface area (Å²) < 4.78 is 0. The van der Waals surface area contributed by atoms with Gasteiger partial charge < -0.3 is 21.3 Å². The molecule has 6 N–H and O–H groups in total. The highest BCUT2D eigenvalue weighted by molar-refractivity contribution is 6.36. The number of anilines is 5. The van der Waals surface area contributed by atoms with Crippen molar-refractivity contribution < 1.29 is 15.2 Å². The molecule has 38 heavy (non-hydrogen) atoms. The Morgan fingerprint density at radius 2 is 1.74 bits per heavy atom. The molecule has 0 spiro atoms. The van der Waals surface area contributed by atoms with Crippen LogP contribution in [0.3, 0.4) is 0 Å². The Hall–Kier alpha value is -3.35. The second kappa shape index (κ2) is 11.2. The van der Waals surface area contributed by atoms with E-state index in [2.05, 4.69) is 20.5 Å². The molecule has 4 heterocycles. The van der Waals surface area contributed by atoms with Crippen LogP contribution in [-0.2, 0) is 4.79 Å². The number of piperazine rings is 1. The summed E-state index contributed by atoms with van der Waals surface area (Å²) in [6.07, 6.45) is 1.90. The molecule has 2 aliphatic rings. The summed E-state index contributed by atoms with van der Waals surface area (Å²) >= 11 is 12.7. The summed E-state index contributed by atoms with van der Waals surface area (Å²) in [5.74, 6) is 1.16. The summed E-state index contributed by atoms with van der Waals surface area (Å²) in [6, 6.07) is 11.9. The average molecular weight is 559 g/mol. The van der Waals surface area contributed by atoms with Crippen LogP contribution >= 0.6 is 23.2 Å². The molecule has 13 heteroatoms. The van der Waals surface area contributed by atoms with E-state index in [0.717, 1.165) is 31.6 Å². The van der Waals surface area contributed by atoms with Crippen LogP contribution in [-0.4, -0.2) is 70.0 Å². The minimum Gasteiger partial charge on any atom is -0.382 e. The zero-order valence-corrected chi connectivity index (χ0v) is 22.0. The van der Waals surface area contributed by atoms with E-state index in [1.165, 1.54) is 6.07 Å². The van der Waals surface area contributed by atoms with Crippen molar-refractivity contribution in [2.45, 2.75) is 18.9 Å². The van der Waals surface area contributed by atoms with E-state index in [-0.39, 0.29) is 28.7 Å². The highest BCUT2D eigenvalue weighted by Crippen LogP contribution is 2.38. The number of hydrogen-bond acceptors (Lipinski definition) is 10. The number of amides is 1. The molecule has 2 fully saturated rings. The van der Waals surface area contributed by atoms with Crippen LogP contribution in [0.25, 0.3) is 11.3 Å². The van der Waals surface area contributed by atoms with E-state index >= 15 is 0 Å². The van der Waals surface area contributed by atoms with Crippen LogP contribution < -0.4 is 26.5 Å². The van der Waals surface area contributed by atoms with E-state index in [9.17, 15) is 4.79 Å². The quantitative estimate of drug-likeness (QED) is 0.203. The van der Waals surface area contributed by atoms with Gasteiger partial charge in [-0.3, -0.25) is 20.1 Å². The van der Waals surface area contributed by atoms with E-state index < -0.39 is 0 Å². The Balaban J connectivity index is 1.34. The molecule has 0 saturated carbocycles. The molecule has 2 aromatic heterocycles. The van der Waals surface area contributed by atoms with Crippen molar-refractivity contribution in [2.75, 3.05) is 59.2 Å². The van der Waals surface area contributed by atoms with Gasteiger partial charge in [0, 0.05) is 36.8 Å². The second-order valence-corrected chi connectivity index (χ2v) is 9.96. The van der Waals surface area contributed by atoms with Gasteiger partial charge in [0.2, 0.25) is 5.91 Å². The van der Waals surface area contributed by atoms with Gasteiger partial charge in [-0.05, 0) is 61.9 Å². The number of nitrogens with two attached hydrogens (primary N) is 1. The maximum atomic E-state index is 13.4. The average Bonchev–Trinajstić information content (AvgIpc) is 3.37. The molecule has 200 valence electrons. The van der Waals surface area contributed by atoms with E-state index in [4.69, 9.17) is 44.3 Å². The maximum Gasteiger partial charge on any atom is 0.244 e. The molecule has 5 rings (SSSR count). The lowest BCUT2D eigenvalue weighted by Gasteiger charge is -2.37. The van der Waals surface area contributed by atoms with Gasteiger partial charge in [-0.2, -0.15) is 0 Å². The monoisotopic (exact) mass is 558 g/mol. The fraction of sp³-hybridized carbons (Fsp3) is 0.320. The third kappa shape index (κ3) is 5.42. The third-order valence-corrected chi connectivity index (χ3v) is 7.28. The van der Waals surface area contributed by atoms with Gasteiger partial charge in [0.05, 0.1) is 22.4 Å². The Kier molecular flexibility index (Phi) is 7.73. The van der Waals surface area contributed by atoms with Crippen molar-refractivity contribution in [2.24, 2.45) is 0 Å². The van der Waals surface area contributed by atoms with E-state index in [0.29, 0.717) is 52.6 Å². The molecule has 2 aliphatic heterocycles. The summed E-state index contributed by atoms with van der Waals surface area (Å²) in [4.78, 5) is 26.4. The molecule has 1 aromatic carbocycles. The van der Waals surface area contributed by atoms with Crippen LogP contribution in [0.5, 0.6) is 0 Å². The predicted octanol–water partition coefficient (Wildman–Crippen LogP) is 3.95. The summed E-state index contributed by atoms with van der Waals surface area (Å²) in [5, 5.41) is 25.5. The molecule has 0 bridgehead atoms. The smallest absolute Gasteiger partial charge is 0.244 e. The number of halogens is 2. The molecule has 2 saturated heterocycles. The van der Waals surface area contributed by atoms with E-state index in [1.807, 2.05) is 23.1 Å². The lowest BCUT2D eigenvalue weighted by molar-refractivity contribution is -0.124. The van der Waals surface area contributed by atoms with Gasteiger partial charge >= 0.3 is 0 Å². The fourth-order valence-corrected chi connectivity index (χ4v) is 5.39.